The van der Waals surface area contributed by atoms with Crippen molar-refractivity contribution in [2.45, 2.75) is 119 Å². The molecule has 0 amide bonds. The van der Waals surface area contributed by atoms with Gasteiger partial charge in [0.25, 0.3) is 0 Å². The molecular weight excluding hydrogens is 544 g/mol. The van der Waals surface area contributed by atoms with Gasteiger partial charge in [-0.15, -0.1) is 0 Å². The standard InChI is InChI=1S/C38H54N4O2/c1-21-9-10-22(17-26(21)39)23-18-28-35(6)19-24-30(41-42-31(24)40)34(4,5)27(35)11-12-36(28,7)37(8)14-16-38(32(43)44)15-13-33(2,3)20-25(38)29(23)37/h9-10,17,25,27-28H,11-16,18-20,39H2,1-8H3,(H,43,44)(H3,40,41,42)/t25?,27?,28?,35-,36+,37+,38-/m0/s1. The normalized spacial score (nSPS) is 40.2. The fraction of sp³-hybridized carbons (Fsp3) is 0.684. The molecule has 238 valence electrons. The molecule has 3 saturated carbocycles. The number of aliphatic carboxylic acids is 1. The van der Waals surface area contributed by atoms with Gasteiger partial charge >= 0.3 is 5.97 Å². The molecule has 5 aliphatic carbocycles. The van der Waals surface area contributed by atoms with Gasteiger partial charge < -0.3 is 16.6 Å². The second-order valence-electron chi connectivity index (χ2n) is 17.8. The van der Waals surface area contributed by atoms with E-state index in [0.717, 1.165) is 69.0 Å². The van der Waals surface area contributed by atoms with Crippen LogP contribution in [0, 0.1) is 51.8 Å². The van der Waals surface area contributed by atoms with E-state index in [2.05, 4.69) is 83.8 Å². The molecule has 0 radical (unpaired) electrons. The maximum absolute atomic E-state index is 13.4. The maximum atomic E-state index is 13.4. The number of aryl methyl sites for hydroxylation is 1. The summed E-state index contributed by atoms with van der Waals surface area (Å²) in [6.45, 7) is 19.2. The van der Waals surface area contributed by atoms with E-state index >= 15 is 0 Å². The van der Waals surface area contributed by atoms with Crippen molar-refractivity contribution >= 4 is 23.0 Å². The summed E-state index contributed by atoms with van der Waals surface area (Å²) in [6, 6.07) is 6.61. The molecule has 0 aliphatic heterocycles. The van der Waals surface area contributed by atoms with Crippen LogP contribution < -0.4 is 11.5 Å². The first-order chi connectivity index (χ1) is 20.4. The van der Waals surface area contributed by atoms with Crippen LogP contribution in [0.15, 0.2) is 23.8 Å². The molecule has 3 unspecified atom stereocenters. The smallest absolute Gasteiger partial charge is 0.310 e. The Kier molecular flexibility index (Phi) is 6.08. The van der Waals surface area contributed by atoms with Crippen molar-refractivity contribution in [1.29, 1.82) is 0 Å². The molecule has 6 nitrogen and oxygen atoms in total. The van der Waals surface area contributed by atoms with Crippen LogP contribution in [0.5, 0.6) is 0 Å². The molecule has 6 heteroatoms. The number of nitrogens with one attached hydrogen (secondary N) is 1. The van der Waals surface area contributed by atoms with E-state index in [9.17, 15) is 9.90 Å². The van der Waals surface area contributed by atoms with E-state index in [1.165, 1.54) is 28.0 Å². The minimum Gasteiger partial charge on any atom is -0.481 e. The van der Waals surface area contributed by atoms with Crippen LogP contribution in [0.25, 0.3) is 5.57 Å². The molecule has 44 heavy (non-hydrogen) atoms. The van der Waals surface area contributed by atoms with Gasteiger partial charge in [-0.3, -0.25) is 9.89 Å². The van der Waals surface area contributed by atoms with Crippen molar-refractivity contribution in [2.75, 3.05) is 11.5 Å². The number of hydrogen-bond donors (Lipinski definition) is 4. The number of aromatic nitrogens is 2. The van der Waals surface area contributed by atoms with E-state index in [4.69, 9.17) is 11.5 Å². The molecule has 7 atom stereocenters. The summed E-state index contributed by atoms with van der Waals surface area (Å²) in [6.07, 6.45) is 8.54. The Hall–Kier alpha value is -2.76. The molecule has 0 saturated heterocycles. The summed E-state index contributed by atoms with van der Waals surface area (Å²) in [5.41, 5.74) is 20.9. The molecule has 1 heterocycles. The number of benzene rings is 1. The molecule has 5 aliphatic rings. The van der Waals surface area contributed by atoms with Gasteiger partial charge in [0, 0.05) is 22.4 Å². The number of carboxylic acids is 1. The average Bonchev–Trinajstić information content (AvgIpc) is 3.30. The number of carbonyl (C=O) groups is 1. The molecule has 0 spiro atoms. The first-order valence-corrected chi connectivity index (χ1v) is 17.1. The number of nitrogen functional groups attached to an aromatic ring is 2. The van der Waals surface area contributed by atoms with Crippen LogP contribution in [0.3, 0.4) is 0 Å². The number of rotatable bonds is 2. The highest BCUT2D eigenvalue weighted by Gasteiger charge is 2.70. The lowest BCUT2D eigenvalue weighted by molar-refractivity contribution is -0.175. The number of hydrogen-bond acceptors (Lipinski definition) is 4. The number of anilines is 2. The third-order valence-corrected chi connectivity index (χ3v) is 15.0. The van der Waals surface area contributed by atoms with Crippen molar-refractivity contribution < 1.29 is 9.90 Å². The van der Waals surface area contributed by atoms with E-state index in [-0.39, 0.29) is 33.0 Å². The molecule has 2 aromatic rings. The van der Waals surface area contributed by atoms with Gasteiger partial charge in [-0.25, -0.2) is 0 Å². The lowest BCUT2D eigenvalue weighted by Crippen LogP contribution is -2.65. The zero-order valence-corrected chi connectivity index (χ0v) is 28.3. The zero-order valence-electron chi connectivity index (χ0n) is 28.3. The van der Waals surface area contributed by atoms with Gasteiger partial charge in [0.2, 0.25) is 0 Å². The van der Waals surface area contributed by atoms with Crippen molar-refractivity contribution in [1.82, 2.24) is 10.2 Å². The van der Waals surface area contributed by atoms with E-state index in [0.29, 0.717) is 17.7 Å². The van der Waals surface area contributed by atoms with Gasteiger partial charge in [0.05, 0.1) is 5.41 Å². The van der Waals surface area contributed by atoms with E-state index in [1.54, 1.807) is 0 Å². The molecule has 3 fully saturated rings. The monoisotopic (exact) mass is 598 g/mol. The van der Waals surface area contributed by atoms with Crippen molar-refractivity contribution in [3.8, 4) is 0 Å². The Morgan fingerprint density at radius 3 is 2.36 bits per heavy atom. The second kappa shape index (κ2) is 8.94. The lowest BCUT2D eigenvalue weighted by Gasteiger charge is -2.71. The highest BCUT2D eigenvalue weighted by atomic mass is 16.4. The number of allylic oxidation sites excluding steroid dienone is 2. The van der Waals surface area contributed by atoms with Crippen LogP contribution in [0.1, 0.15) is 122 Å². The van der Waals surface area contributed by atoms with Crippen molar-refractivity contribution in [3.63, 3.8) is 0 Å². The number of fused-ring (bicyclic) bond motifs is 8. The number of nitrogens with zero attached hydrogens (tertiary/aromatic N) is 1. The fourth-order valence-electron chi connectivity index (χ4n) is 12.3. The fourth-order valence-corrected chi connectivity index (χ4v) is 12.3. The molecule has 1 aromatic carbocycles. The van der Waals surface area contributed by atoms with Crippen LogP contribution in [0.2, 0.25) is 0 Å². The van der Waals surface area contributed by atoms with Crippen molar-refractivity contribution in [2.24, 2.45) is 44.8 Å². The third kappa shape index (κ3) is 3.60. The van der Waals surface area contributed by atoms with Crippen molar-refractivity contribution in [3.05, 3.63) is 46.2 Å². The predicted molar refractivity (Wildman–Crippen MR) is 178 cm³/mol. The summed E-state index contributed by atoms with van der Waals surface area (Å²) in [7, 11) is 0. The van der Waals surface area contributed by atoms with Crippen LogP contribution in [-0.2, 0) is 16.6 Å². The van der Waals surface area contributed by atoms with Gasteiger partial charge in [0.1, 0.15) is 5.82 Å². The Labute approximate surface area is 263 Å². The Morgan fingerprint density at radius 2 is 1.68 bits per heavy atom. The van der Waals surface area contributed by atoms with E-state index < -0.39 is 11.4 Å². The molecule has 0 bridgehead atoms. The minimum absolute atomic E-state index is 0.0185. The summed E-state index contributed by atoms with van der Waals surface area (Å²) in [4.78, 5) is 13.4. The first kappa shape index (κ1) is 29.9. The quantitative estimate of drug-likeness (QED) is 0.259. The number of nitrogens with two attached hydrogens (primary N) is 2. The summed E-state index contributed by atoms with van der Waals surface area (Å²) in [5, 5.41) is 18.9. The average molecular weight is 599 g/mol. The van der Waals surface area contributed by atoms with Crippen LogP contribution in [0.4, 0.5) is 11.5 Å². The van der Waals surface area contributed by atoms with Gasteiger partial charge in [-0.2, -0.15) is 5.10 Å². The second-order valence-corrected chi connectivity index (χ2v) is 17.8. The SMILES string of the molecule is Cc1ccc(C2=C3C4CC(C)(C)CC[C@]4(C(=O)O)CC[C@@]3(C)[C@]3(C)CCC4C(C)(C)c5[nH]nc(N)c5C[C@]4(C)C3C2)cc1N. The first-order valence-electron chi connectivity index (χ1n) is 17.1. The molecule has 7 rings (SSSR count). The summed E-state index contributed by atoms with van der Waals surface area (Å²) < 4.78 is 0. The third-order valence-electron chi connectivity index (χ3n) is 15.0. The van der Waals surface area contributed by atoms with Crippen LogP contribution in [-0.4, -0.2) is 21.3 Å². The largest absolute Gasteiger partial charge is 0.481 e. The van der Waals surface area contributed by atoms with Crippen LogP contribution >= 0.6 is 0 Å². The van der Waals surface area contributed by atoms with Gasteiger partial charge in [-0.05, 0) is 127 Å². The number of aromatic amines is 1. The number of H-pyrrole nitrogens is 1. The zero-order chi connectivity index (χ0) is 31.8. The Balaban J connectivity index is 1.49. The van der Waals surface area contributed by atoms with E-state index in [1.807, 2.05) is 0 Å². The lowest BCUT2D eigenvalue weighted by atomic mass is 9.33. The topological polar surface area (TPSA) is 118 Å². The molecular formula is C38H54N4O2. The highest BCUT2D eigenvalue weighted by Crippen LogP contribution is 2.77. The Morgan fingerprint density at radius 1 is 0.977 bits per heavy atom. The molecule has 1 aromatic heterocycles. The predicted octanol–water partition coefficient (Wildman–Crippen LogP) is 8.31. The van der Waals surface area contributed by atoms with Gasteiger partial charge in [-0.1, -0.05) is 66.2 Å². The molecule has 6 N–H and O–H groups in total. The maximum Gasteiger partial charge on any atom is 0.310 e. The summed E-state index contributed by atoms with van der Waals surface area (Å²) in [5.74, 6) is 0.997. The Bertz CT molecular complexity index is 1600. The highest BCUT2D eigenvalue weighted by molar-refractivity contribution is 5.81. The summed E-state index contributed by atoms with van der Waals surface area (Å²) >= 11 is 0. The number of carboxylic acid groups (broad SMARTS) is 1. The van der Waals surface area contributed by atoms with Gasteiger partial charge in [0.15, 0.2) is 0 Å². The minimum atomic E-state index is -0.691.